The van der Waals surface area contributed by atoms with Gasteiger partial charge in [0.25, 0.3) is 0 Å². The standard InChI is InChI=1S/C18H17FN2/c1-13(10-14-4-2-6-16(19)11-14)21-18-7-3-5-15-12-20-9-8-17(15)18/h2-9,11-13,21H,10H2,1H3. The Morgan fingerprint density at radius 2 is 2.00 bits per heavy atom. The number of fused-ring (bicyclic) bond motifs is 1. The second-order valence-corrected chi connectivity index (χ2v) is 5.28. The van der Waals surface area contributed by atoms with E-state index < -0.39 is 0 Å². The molecule has 0 amide bonds. The molecule has 1 heterocycles. The minimum atomic E-state index is -0.184. The fraction of sp³-hybridized carbons (Fsp3) is 0.167. The molecule has 0 aliphatic carbocycles. The summed E-state index contributed by atoms with van der Waals surface area (Å²) in [5.41, 5.74) is 2.08. The predicted molar refractivity (Wildman–Crippen MR) is 84.9 cm³/mol. The summed E-state index contributed by atoms with van der Waals surface area (Å²) in [4.78, 5) is 4.14. The minimum absolute atomic E-state index is 0.184. The van der Waals surface area contributed by atoms with Gasteiger partial charge >= 0.3 is 0 Å². The summed E-state index contributed by atoms with van der Waals surface area (Å²) in [6.07, 6.45) is 4.43. The van der Waals surface area contributed by atoms with Crippen LogP contribution >= 0.6 is 0 Å². The van der Waals surface area contributed by atoms with Gasteiger partial charge in [-0.25, -0.2) is 4.39 Å². The highest BCUT2D eigenvalue weighted by atomic mass is 19.1. The van der Waals surface area contributed by atoms with Crippen molar-refractivity contribution in [2.75, 3.05) is 5.32 Å². The van der Waals surface area contributed by atoms with Crippen molar-refractivity contribution < 1.29 is 4.39 Å². The molecule has 0 radical (unpaired) electrons. The van der Waals surface area contributed by atoms with E-state index in [9.17, 15) is 4.39 Å². The third kappa shape index (κ3) is 3.19. The summed E-state index contributed by atoms with van der Waals surface area (Å²) in [6.45, 7) is 2.10. The van der Waals surface area contributed by atoms with E-state index in [1.165, 1.54) is 6.07 Å². The van der Waals surface area contributed by atoms with Crippen molar-refractivity contribution in [3.63, 3.8) is 0 Å². The van der Waals surface area contributed by atoms with Crippen LogP contribution in [0.4, 0.5) is 10.1 Å². The van der Waals surface area contributed by atoms with Crippen LogP contribution < -0.4 is 5.32 Å². The molecular formula is C18H17FN2. The van der Waals surface area contributed by atoms with E-state index in [0.29, 0.717) is 0 Å². The Hall–Kier alpha value is -2.42. The number of benzene rings is 2. The first-order valence-electron chi connectivity index (χ1n) is 7.06. The minimum Gasteiger partial charge on any atom is -0.382 e. The van der Waals surface area contributed by atoms with Crippen LogP contribution in [0.1, 0.15) is 12.5 Å². The number of pyridine rings is 1. The lowest BCUT2D eigenvalue weighted by Crippen LogP contribution is -2.18. The molecular weight excluding hydrogens is 263 g/mol. The lowest BCUT2D eigenvalue weighted by Gasteiger charge is -2.17. The van der Waals surface area contributed by atoms with E-state index in [4.69, 9.17) is 0 Å². The molecule has 3 rings (SSSR count). The van der Waals surface area contributed by atoms with Crippen LogP contribution in [0, 0.1) is 5.82 Å². The van der Waals surface area contributed by atoms with Crippen LogP contribution in [0.15, 0.2) is 60.9 Å². The first-order valence-corrected chi connectivity index (χ1v) is 7.06. The molecule has 3 heteroatoms. The number of halogens is 1. The third-order valence-electron chi connectivity index (χ3n) is 3.51. The molecule has 2 aromatic carbocycles. The highest BCUT2D eigenvalue weighted by Gasteiger charge is 2.07. The van der Waals surface area contributed by atoms with E-state index in [1.54, 1.807) is 18.3 Å². The van der Waals surface area contributed by atoms with Crippen LogP contribution in [0.3, 0.4) is 0 Å². The predicted octanol–water partition coefficient (Wildman–Crippen LogP) is 4.42. The number of nitrogens with one attached hydrogen (secondary N) is 1. The third-order valence-corrected chi connectivity index (χ3v) is 3.51. The summed E-state index contributed by atoms with van der Waals surface area (Å²) >= 11 is 0. The van der Waals surface area contributed by atoms with Crippen molar-refractivity contribution in [1.29, 1.82) is 0 Å². The molecule has 3 aromatic rings. The highest BCUT2D eigenvalue weighted by Crippen LogP contribution is 2.23. The number of hydrogen-bond donors (Lipinski definition) is 1. The monoisotopic (exact) mass is 280 g/mol. The van der Waals surface area contributed by atoms with E-state index in [1.807, 2.05) is 30.5 Å². The van der Waals surface area contributed by atoms with Crippen molar-refractivity contribution in [2.24, 2.45) is 0 Å². The van der Waals surface area contributed by atoms with Gasteiger partial charge in [0.15, 0.2) is 0 Å². The number of aromatic nitrogens is 1. The average molecular weight is 280 g/mol. The van der Waals surface area contributed by atoms with E-state index >= 15 is 0 Å². The normalized spacial score (nSPS) is 12.3. The van der Waals surface area contributed by atoms with Gasteiger partial charge in [-0.2, -0.15) is 0 Å². The second kappa shape index (κ2) is 5.92. The van der Waals surface area contributed by atoms with Gasteiger partial charge in [-0.15, -0.1) is 0 Å². The zero-order chi connectivity index (χ0) is 14.7. The topological polar surface area (TPSA) is 24.9 Å². The first kappa shape index (κ1) is 13.6. The van der Waals surface area contributed by atoms with Gasteiger partial charge in [-0.3, -0.25) is 4.98 Å². The van der Waals surface area contributed by atoms with Crippen molar-refractivity contribution in [2.45, 2.75) is 19.4 Å². The summed E-state index contributed by atoms with van der Waals surface area (Å²) in [5.74, 6) is -0.184. The Labute approximate surface area is 123 Å². The van der Waals surface area contributed by atoms with Crippen LogP contribution in [0.25, 0.3) is 10.8 Å². The lowest BCUT2D eigenvalue weighted by molar-refractivity contribution is 0.624. The van der Waals surface area contributed by atoms with Gasteiger partial charge in [0.05, 0.1) is 0 Å². The first-order chi connectivity index (χ1) is 10.2. The second-order valence-electron chi connectivity index (χ2n) is 5.28. The molecule has 106 valence electrons. The van der Waals surface area contributed by atoms with E-state index in [0.717, 1.165) is 28.4 Å². The van der Waals surface area contributed by atoms with Crippen LogP contribution in [0.2, 0.25) is 0 Å². The van der Waals surface area contributed by atoms with E-state index in [2.05, 4.69) is 23.3 Å². The zero-order valence-electron chi connectivity index (χ0n) is 11.9. The largest absolute Gasteiger partial charge is 0.382 e. The van der Waals surface area contributed by atoms with Crippen LogP contribution in [-0.4, -0.2) is 11.0 Å². The molecule has 21 heavy (non-hydrogen) atoms. The molecule has 1 atom stereocenters. The van der Waals surface area contributed by atoms with E-state index in [-0.39, 0.29) is 11.9 Å². The van der Waals surface area contributed by atoms with Crippen molar-refractivity contribution in [3.8, 4) is 0 Å². The molecule has 0 aliphatic rings. The lowest BCUT2D eigenvalue weighted by atomic mass is 10.1. The maximum Gasteiger partial charge on any atom is 0.123 e. The van der Waals surface area contributed by atoms with Crippen molar-refractivity contribution in [1.82, 2.24) is 4.98 Å². The Morgan fingerprint density at radius 1 is 1.14 bits per heavy atom. The molecule has 2 nitrogen and oxygen atoms in total. The van der Waals surface area contributed by atoms with Gasteiger partial charge < -0.3 is 5.32 Å². The number of rotatable bonds is 4. The Kier molecular flexibility index (Phi) is 3.82. The molecule has 0 bridgehead atoms. The average Bonchev–Trinajstić information content (AvgIpc) is 2.47. The Balaban J connectivity index is 1.79. The molecule has 0 saturated heterocycles. The Bertz CT molecular complexity index is 750. The maximum atomic E-state index is 13.2. The highest BCUT2D eigenvalue weighted by molar-refractivity contribution is 5.93. The van der Waals surface area contributed by atoms with Crippen LogP contribution in [-0.2, 0) is 6.42 Å². The fourth-order valence-electron chi connectivity index (χ4n) is 2.58. The summed E-state index contributed by atoms with van der Waals surface area (Å²) in [5, 5.41) is 5.77. The summed E-state index contributed by atoms with van der Waals surface area (Å²) in [7, 11) is 0. The van der Waals surface area contributed by atoms with Gasteiger partial charge in [-0.05, 0) is 43.2 Å². The summed E-state index contributed by atoms with van der Waals surface area (Å²) in [6, 6.07) is 15.1. The van der Waals surface area contributed by atoms with Crippen LogP contribution in [0.5, 0.6) is 0 Å². The molecule has 0 aliphatic heterocycles. The zero-order valence-corrected chi connectivity index (χ0v) is 11.9. The molecule has 0 spiro atoms. The van der Waals surface area contributed by atoms with Gasteiger partial charge in [0.2, 0.25) is 0 Å². The fourth-order valence-corrected chi connectivity index (χ4v) is 2.58. The Morgan fingerprint density at radius 3 is 2.86 bits per heavy atom. The molecule has 1 unspecified atom stereocenters. The summed E-state index contributed by atoms with van der Waals surface area (Å²) < 4.78 is 13.2. The number of nitrogens with zero attached hydrogens (tertiary/aromatic N) is 1. The molecule has 1 N–H and O–H groups in total. The number of anilines is 1. The van der Waals surface area contributed by atoms with Crippen molar-refractivity contribution in [3.05, 3.63) is 72.3 Å². The SMILES string of the molecule is CC(Cc1cccc(F)c1)Nc1cccc2cnccc12. The quantitative estimate of drug-likeness (QED) is 0.765. The molecule has 0 fully saturated rings. The number of hydrogen-bond acceptors (Lipinski definition) is 2. The smallest absolute Gasteiger partial charge is 0.123 e. The molecule has 0 saturated carbocycles. The van der Waals surface area contributed by atoms with Crippen molar-refractivity contribution >= 4 is 16.5 Å². The molecule has 1 aromatic heterocycles. The van der Waals surface area contributed by atoms with Gasteiger partial charge in [0, 0.05) is 34.9 Å². The van der Waals surface area contributed by atoms with Gasteiger partial charge in [-0.1, -0.05) is 24.3 Å². The van der Waals surface area contributed by atoms with Gasteiger partial charge in [0.1, 0.15) is 5.82 Å². The maximum absolute atomic E-state index is 13.2.